The lowest BCUT2D eigenvalue weighted by Gasteiger charge is -2.20. The van der Waals surface area contributed by atoms with Crippen LogP contribution in [0.5, 0.6) is 11.5 Å². The van der Waals surface area contributed by atoms with Gasteiger partial charge in [-0.25, -0.2) is 0 Å². The Kier molecular flexibility index (Phi) is 5.77. The minimum absolute atomic E-state index is 0.0697. The second kappa shape index (κ2) is 8.80. The first-order chi connectivity index (χ1) is 14.6. The fourth-order valence-electron chi connectivity index (χ4n) is 3.44. The number of nitrogens with one attached hydrogen (secondary N) is 2. The second-order valence-corrected chi connectivity index (χ2v) is 6.99. The molecule has 1 amide bonds. The number of carbonyl (C=O) groups excluding carboxylic acids is 2. The van der Waals surface area contributed by atoms with Crippen molar-refractivity contribution in [1.82, 2.24) is 5.32 Å². The van der Waals surface area contributed by atoms with E-state index < -0.39 is 0 Å². The molecule has 0 unspecified atom stereocenters. The largest absolute Gasteiger partial charge is 0.454 e. The van der Waals surface area contributed by atoms with Gasteiger partial charge in [0.25, 0.3) is 0 Å². The molecule has 0 atom stereocenters. The number of fused-ring (bicyclic) bond motifs is 1. The molecule has 0 saturated heterocycles. The average molecular weight is 402 g/mol. The number of hydrogen-bond donors (Lipinski definition) is 2. The molecule has 3 aromatic carbocycles. The zero-order chi connectivity index (χ0) is 20.9. The van der Waals surface area contributed by atoms with Crippen molar-refractivity contribution in [1.29, 1.82) is 0 Å². The Balaban J connectivity index is 1.50. The van der Waals surface area contributed by atoms with E-state index in [0.29, 0.717) is 22.7 Å². The summed E-state index contributed by atoms with van der Waals surface area (Å²) in [5.74, 6) is 0.593. The maximum Gasteiger partial charge on any atom is 0.238 e. The Hall–Kier alpha value is -3.64. The summed E-state index contributed by atoms with van der Waals surface area (Å²) in [7, 11) is 0. The van der Waals surface area contributed by atoms with Gasteiger partial charge >= 0.3 is 0 Å². The smallest absolute Gasteiger partial charge is 0.238 e. The van der Waals surface area contributed by atoms with E-state index in [0.717, 1.165) is 11.1 Å². The molecule has 0 aliphatic carbocycles. The third-order valence-corrected chi connectivity index (χ3v) is 4.90. The van der Waals surface area contributed by atoms with Crippen molar-refractivity contribution in [3.8, 4) is 11.5 Å². The molecule has 0 saturated carbocycles. The highest BCUT2D eigenvalue weighted by Gasteiger charge is 2.21. The summed E-state index contributed by atoms with van der Waals surface area (Å²) in [6.45, 7) is 1.62. The molecule has 0 radical (unpaired) electrons. The molecule has 0 spiro atoms. The molecule has 0 fully saturated rings. The van der Waals surface area contributed by atoms with Crippen molar-refractivity contribution >= 4 is 17.4 Å². The molecule has 30 heavy (non-hydrogen) atoms. The van der Waals surface area contributed by atoms with Gasteiger partial charge in [-0.2, -0.15) is 0 Å². The molecule has 6 heteroatoms. The lowest BCUT2D eigenvalue weighted by molar-refractivity contribution is -0.115. The molecule has 0 aromatic heterocycles. The van der Waals surface area contributed by atoms with Crippen molar-refractivity contribution in [2.75, 3.05) is 18.7 Å². The number of rotatable bonds is 7. The van der Waals surface area contributed by atoms with E-state index in [1.54, 1.807) is 12.1 Å². The van der Waals surface area contributed by atoms with Gasteiger partial charge in [0.05, 0.1) is 18.3 Å². The van der Waals surface area contributed by atoms with Gasteiger partial charge < -0.3 is 14.8 Å². The minimum atomic E-state index is -0.256. The number of amides is 1. The molecule has 6 nitrogen and oxygen atoms in total. The Bertz CT molecular complexity index is 1010. The number of carbonyl (C=O) groups is 2. The summed E-state index contributed by atoms with van der Waals surface area (Å²) < 4.78 is 10.7. The maximum atomic E-state index is 12.7. The predicted octanol–water partition coefficient (Wildman–Crippen LogP) is 3.94. The lowest BCUT2D eigenvalue weighted by atomic mass is 9.99. The van der Waals surface area contributed by atoms with Gasteiger partial charge in [-0.05, 0) is 24.1 Å². The van der Waals surface area contributed by atoms with Crippen LogP contribution in [0, 0.1) is 0 Å². The van der Waals surface area contributed by atoms with Gasteiger partial charge in [0.2, 0.25) is 12.7 Å². The number of ketones is 1. The van der Waals surface area contributed by atoms with Gasteiger partial charge in [-0.15, -0.1) is 0 Å². The Morgan fingerprint density at radius 1 is 0.900 bits per heavy atom. The number of anilines is 1. The van der Waals surface area contributed by atoms with E-state index in [1.807, 2.05) is 60.7 Å². The van der Waals surface area contributed by atoms with Crippen molar-refractivity contribution in [3.63, 3.8) is 0 Å². The standard InChI is InChI=1S/C24H22N2O4/c1-16(27)19-12-21-22(30-15-29-21)13-20(19)26-23(28)14-25-24(17-8-4-2-5-9-17)18-10-6-3-7-11-18/h2-13,24-25H,14-15H2,1H3,(H,26,28). The fraction of sp³-hybridized carbons (Fsp3) is 0.167. The predicted molar refractivity (Wildman–Crippen MR) is 114 cm³/mol. The van der Waals surface area contributed by atoms with Crippen molar-refractivity contribution < 1.29 is 19.1 Å². The van der Waals surface area contributed by atoms with Gasteiger partial charge in [-0.3, -0.25) is 14.9 Å². The van der Waals surface area contributed by atoms with Gasteiger partial charge in [0, 0.05) is 11.6 Å². The van der Waals surface area contributed by atoms with E-state index in [2.05, 4.69) is 10.6 Å². The molecular formula is C24H22N2O4. The maximum absolute atomic E-state index is 12.7. The van der Waals surface area contributed by atoms with E-state index in [-0.39, 0.29) is 31.1 Å². The molecule has 1 aliphatic heterocycles. The van der Waals surface area contributed by atoms with Crippen LogP contribution in [0.25, 0.3) is 0 Å². The van der Waals surface area contributed by atoms with Crippen molar-refractivity contribution in [2.24, 2.45) is 0 Å². The Morgan fingerprint density at radius 3 is 2.03 bits per heavy atom. The van der Waals surface area contributed by atoms with Crippen LogP contribution in [0.3, 0.4) is 0 Å². The lowest BCUT2D eigenvalue weighted by Crippen LogP contribution is -2.32. The molecule has 4 rings (SSSR count). The molecule has 3 aromatic rings. The van der Waals surface area contributed by atoms with E-state index in [1.165, 1.54) is 6.92 Å². The summed E-state index contributed by atoms with van der Waals surface area (Å²) in [5.41, 5.74) is 2.91. The second-order valence-electron chi connectivity index (χ2n) is 6.99. The quantitative estimate of drug-likeness (QED) is 0.586. The van der Waals surface area contributed by atoms with Gasteiger partial charge in [0.1, 0.15) is 0 Å². The van der Waals surface area contributed by atoms with Crippen LogP contribution in [-0.4, -0.2) is 25.0 Å². The zero-order valence-corrected chi connectivity index (χ0v) is 16.6. The van der Waals surface area contributed by atoms with E-state index in [4.69, 9.17) is 9.47 Å². The Morgan fingerprint density at radius 2 is 1.47 bits per heavy atom. The molecular weight excluding hydrogens is 380 g/mol. The third kappa shape index (κ3) is 4.34. The van der Waals surface area contributed by atoms with Crippen LogP contribution < -0.4 is 20.1 Å². The summed E-state index contributed by atoms with van der Waals surface area (Å²) >= 11 is 0. The van der Waals surface area contributed by atoms with Crippen LogP contribution in [0.1, 0.15) is 34.5 Å². The Labute approximate surface area is 174 Å². The molecule has 1 heterocycles. The first-order valence-corrected chi connectivity index (χ1v) is 9.69. The summed E-state index contributed by atoms with van der Waals surface area (Å²) in [6.07, 6.45) is 0. The van der Waals surface area contributed by atoms with Crippen LogP contribution in [-0.2, 0) is 4.79 Å². The highest BCUT2D eigenvalue weighted by Crippen LogP contribution is 2.37. The minimum Gasteiger partial charge on any atom is -0.454 e. The fourth-order valence-corrected chi connectivity index (χ4v) is 3.44. The van der Waals surface area contributed by atoms with Crippen molar-refractivity contribution in [2.45, 2.75) is 13.0 Å². The molecule has 1 aliphatic rings. The first kappa shape index (κ1) is 19.7. The monoisotopic (exact) mass is 402 g/mol. The van der Waals surface area contributed by atoms with Gasteiger partial charge in [-0.1, -0.05) is 60.7 Å². The van der Waals surface area contributed by atoms with E-state index >= 15 is 0 Å². The van der Waals surface area contributed by atoms with Crippen LogP contribution in [0.4, 0.5) is 5.69 Å². The van der Waals surface area contributed by atoms with Crippen LogP contribution >= 0.6 is 0 Å². The van der Waals surface area contributed by atoms with Crippen LogP contribution in [0.2, 0.25) is 0 Å². The topological polar surface area (TPSA) is 76.7 Å². The third-order valence-electron chi connectivity index (χ3n) is 4.90. The number of hydrogen-bond acceptors (Lipinski definition) is 5. The summed E-state index contributed by atoms with van der Waals surface area (Å²) in [6, 6.07) is 23.0. The molecule has 152 valence electrons. The van der Waals surface area contributed by atoms with E-state index in [9.17, 15) is 9.59 Å². The molecule has 0 bridgehead atoms. The average Bonchev–Trinajstić information content (AvgIpc) is 3.22. The summed E-state index contributed by atoms with van der Waals surface area (Å²) in [4.78, 5) is 24.7. The normalized spacial score (nSPS) is 12.1. The number of benzene rings is 3. The SMILES string of the molecule is CC(=O)c1cc2c(cc1NC(=O)CNC(c1ccccc1)c1ccccc1)OCO2. The van der Waals surface area contributed by atoms with Crippen molar-refractivity contribution in [3.05, 3.63) is 89.5 Å². The number of Topliss-reactive ketones (excluding diaryl/α,β-unsaturated/α-hetero) is 1. The molecule has 2 N–H and O–H groups in total. The highest BCUT2D eigenvalue weighted by atomic mass is 16.7. The highest BCUT2D eigenvalue weighted by molar-refractivity contribution is 6.05. The van der Waals surface area contributed by atoms with Gasteiger partial charge in [0.15, 0.2) is 17.3 Å². The zero-order valence-electron chi connectivity index (χ0n) is 16.6. The number of ether oxygens (including phenoxy) is 2. The van der Waals surface area contributed by atoms with Crippen LogP contribution in [0.15, 0.2) is 72.8 Å². The summed E-state index contributed by atoms with van der Waals surface area (Å²) in [5, 5.41) is 6.14. The first-order valence-electron chi connectivity index (χ1n) is 9.69.